The first-order valence-electron chi connectivity index (χ1n) is 13.4. The molecule has 5 nitrogen and oxygen atoms in total. The second-order valence-electron chi connectivity index (χ2n) is 11.1. The van der Waals surface area contributed by atoms with E-state index in [0.29, 0.717) is 59.6 Å². The molecule has 1 aliphatic heterocycles. The molecule has 1 amide bonds. The number of Topliss-reactive ketones (excluding diaryl/α,β-unsaturated/α-hetero) is 1. The van der Waals surface area contributed by atoms with Crippen LogP contribution in [0.5, 0.6) is 11.5 Å². The van der Waals surface area contributed by atoms with Gasteiger partial charge in [0, 0.05) is 19.0 Å². The molecule has 1 heterocycles. The number of ketones is 1. The van der Waals surface area contributed by atoms with E-state index in [-0.39, 0.29) is 29.8 Å². The third-order valence-corrected chi connectivity index (χ3v) is 13.9. The summed E-state index contributed by atoms with van der Waals surface area (Å²) in [6.07, 6.45) is 1.44. The fourth-order valence-corrected chi connectivity index (χ4v) is 11.3. The first kappa shape index (κ1) is 28.9. The van der Waals surface area contributed by atoms with Gasteiger partial charge in [-0.05, 0) is 59.3 Å². The minimum Gasteiger partial charge on any atom is -0.540 e. The molecule has 0 saturated carbocycles. The van der Waals surface area contributed by atoms with Gasteiger partial charge in [-0.25, -0.2) is 4.39 Å². The van der Waals surface area contributed by atoms with Crippen LogP contribution in [0.1, 0.15) is 70.3 Å². The first-order valence-corrected chi connectivity index (χ1v) is 15.6. The molecule has 3 rings (SSSR count). The predicted octanol–water partition coefficient (Wildman–Crippen LogP) is 7.05. The van der Waals surface area contributed by atoms with Crippen LogP contribution in [0.3, 0.4) is 0 Å². The Hall–Kier alpha value is -2.67. The summed E-state index contributed by atoms with van der Waals surface area (Å²) in [5, 5.41) is 0. The van der Waals surface area contributed by atoms with E-state index in [2.05, 4.69) is 41.5 Å². The normalized spacial score (nSPS) is 14.9. The molecule has 0 unspecified atom stereocenters. The monoisotopic (exact) mass is 527 g/mol. The molecule has 0 radical (unpaired) electrons. The maximum atomic E-state index is 13.6. The van der Waals surface area contributed by atoms with E-state index in [1.807, 2.05) is 18.2 Å². The van der Waals surface area contributed by atoms with Gasteiger partial charge in [0.1, 0.15) is 11.6 Å². The lowest BCUT2D eigenvalue weighted by Crippen LogP contribution is -2.50. The standard InChI is InChI=1S/C30H42FNO4Si/c1-20(2)37(21(3)4,22(5)6)36-27-10-8-9-26(30(27)35-7)29(34)24-15-17-32(18-16-24)28(33)19-23-11-13-25(31)14-12-23/h8-14,20-22,24H,15-19H2,1-7H3. The van der Waals surface area contributed by atoms with Crippen LogP contribution in [0, 0.1) is 11.7 Å². The van der Waals surface area contributed by atoms with Crippen LogP contribution >= 0.6 is 0 Å². The topological polar surface area (TPSA) is 55.8 Å². The first-order chi connectivity index (χ1) is 17.5. The molecule has 0 aliphatic carbocycles. The number of para-hydroxylation sites is 1. The lowest BCUT2D eigenvalue weighted by molar-refractivity contribution is -0.131. The number of hydrogen-bond donors (Lipinski definition) is 0. The average molecular weight is 528 g/mol. The molecule has 0 bridgehead atoms. The van der Waals surface area contributed by atoms with Gasteiger partial charge in [-0.2, -0.15) is 0 Å². The van der Waals surface area contributed by atoms with Crippen molar-refractivity contribution in [2.45, 2.75) is 77.4 Å². The van der Waals surface area contributed by atoms with Gasteiger partial charge in [0.2, 0.25) is 5.91 Å². The van der Waals surface area contributed by atoms with Crippen molar-refractivity contribution < 1.29 is 23.1 Å². The number of carbonyl (C=O) groups is 2. The summed E-state index contributed by atoms with van der Waals surface area (Å²) in [6.45, 7) is 14.5. The van der Waals surface area contributed by atoms with Gasteiger partial charge in [0.25, 0.3) is 8.32 Å². The SMILES string of the molecule is COc1c(O[Si](C(C)C)(C(C)C)C(C)C)cccc1C(=O)C1CCN(C(=O)Cc2ccc(F)cc2)CC1. The molecule has 2 aromatic rings. The Morgan fingerprint density at radius 1 is 0.946 bits per heavy atom. The number of likely N-dealkylation sites (tertiary alicyclic amines) is 1. The van der Waals surface area contributed by atoms with Crippen molar-refractivity contribution in [3.8, 4) is 11.5 Å². The van der Waals surface area contributed by atoms with Crippen LogP contribution in [0.4, 0.5) is 4.39 Å². The number of hydrogen-bond acceptors (Lipinski definition) is 4. The van der Waals surface area contributed by atoms with E-state index in [9.17, 15) is 14.0 Å². The second-order valence-corrected chi connectivity index (χ2v) is 16.5. The zero-order valence-corrected chi connectivity index (χ0v) is 24.3. The third kappa shape index (κ3) is 6.25. The average Bonchev–Trinajstić information content (AvgIpc) is 2.87. The lowest BCUT2D eigenvalue weighted by Gasteiger charge is -2.42. The zero-order valence-electron chi connectivity index (χ0n) is 23.3. The van der Waals surface area contributed by atoms with Gasteiger partial charge in [-0.1, -0.05) is 59.7 Å². The number of benzene rings is 2. The van der Waals surface area contributed by atoms with Crippen molar-refractivity contribution >= 4 is 20.0 Å². The number of halogens is 1. The molecule has 0 spiro atoms. The van der Waals surface area contributed by atoms with Gasteiger partial charge in [-0.15, -0.1) is 0 Å². The van der Waals surface area contributed by atoms with E-state index in [1.54, 1.807) is 24.1 Å². The fraction of sp³-hybridized carbons (Fsp3) is 0.533. The largest absolute Gasteiger partial charge is 0.540 e. The lowest BCUT2D eigenvalue weighted by atomic mass is 9.88. The van der Waals surface area contributed by atoms with Crippen LogP contribution in [0.15, 0.2) is 42.5 Å². The molecule has 1 aliphatic rings. The summed E-state index contributed by atoms with van der Waals surface area (Å²) in [4.78, 5) is 28.2. The third-order valence-electron chi connectivity index (χ3n) is 7.93. The number of rotatable bonds is 10. The highest BCUT2D eigenvalue weighted by molar-refractivity contribution is 6.78. The highest BCUT2D eigenvalue weighted by atomic mass is 28.4. The Morgan fingerprint density at radius 2 is 1.51 bits per heavy atom. The van der Waals surface area contributed by atoms with Crippen molar-refractivity contribution in [2.24, 2.45) is 5.92 Å². The molecule has 0 atom stereocenters. The molecule has 0 N–H and O–H groups in total. The maximum Gasteiger partial charge on any atom is 0.258 e. The predicted molar refractivity (Wildman–Crippen MR) is 148 cm³/mol. The van der Waals surface area contributed by atoms with E-state index in [1.165, 1.54) is 12.1 Å². The Bertz CT molecular complexity index is 1050. The molecule has 37 heavy (non-hydrogen) atoms. The molecular formula is C30H42FNO4Si. The Morgan fingerprint density at radius 3 is 2.03 bits per heavy atom. The van der Waals surface area contributed by atoms with Crippen LogP contribution < -0.4 is 9.16 Å². The highest BCUT2D eigenvalue weighted by Gasteiger charge is 2.47. The number of carbonyl (C=O) groups excluding carboxylic acids is 2. The van der Waals surface area contributed by atoms with Gasteiger partial charge >= 0.3 is 0 Å². The second kappa shape index (κ2) is 12.2. The van der Waals surface area contributed by atoms with Crippen molar-refractivity contribution in [3.05, 3.63) is 59.4 Å². The summed E-state index contributed by atoms with van der Waals surface area (Å²) < 4.78 is 25.8. The van der Waals surface area contributed by atoms with Crippen molar-refractivity contribution in [3.63, 3.8) is 0 Å². The molecule has 1 saturated heterocycles. The molecule has 2 aromatic carbocycles. The number of ether oxygens (including phenoxy) is 1. The zero-order chi connectivity index (χ0) is 27.3. The molecule has 0 aromatic heterocycles. The summed E-state index contributed by atoms with van der Waals surface area (Å²) in [5.41, 5.74) is 2.53. The fourth-order valence-electron chi connectivity index (χ4n) is 6.04. The summed E-state index contributed by atoms with van der Waals surface area (Å²) >= 11 is 0. The quantitative estimate of drug-likeness (QED) is 0.245. The van der Waals surface area contributed by atoms with Gasteiger partial charge in [0.05, 0.1) is 19.1 Å². The van der Waals surface area contributed by atoms with Crippen molar-refractivity contribution in [1.82, 2.24) is 4.90 Å². The van der Waals surface area contributed by atoms with Crippen LogP contribution in [0.25, 0.3) is 0 Å². The Kier molecular flexibility index (Phi) is 9.56. The van der Waals surface area contributed by atoms with E-state index in [0.717, 1.165) is 5.56 Å². The number of methoxy groups -OCH3 is 1. The number of nitrogens with zero attached hydrogens (tertiary/aromatic N) is 1. The van der Waals surface area contributed by atoms with Gasteiger partial charge < -0.3 is 14.1 Å². The van der Waals surface area contributed by atoms with Crippen LogP contribution in [-0.4, -0.2) is 45.1 Å². The maximum absolute atomic E-state index is 13.6. The molecule has 7 heteroatoms. The molecular weight excluding hydrogens is 485 g/mol. The van der Waals surface area contributed by atoms with Crippen molar-refractivity contribution in [1.29, 1.82) is 0 Å². The van der Waals surface area contributed by atoms with E-state index >= 15 is 0 Å². The summed E-state index contributed by atoms with van der Waals surface area (Å²) in [5.74, 6) is 0.721. The molecule has 202 valence electrons. The van der Waals surface area contributed by atoms with Crippen LogP contribution in [0.2, 0.25) is 16.6 Å². The Balaban J connectivity index is 1.74. The minimum absolute atomic E-state index is 0.00263. The highest BCUT2D eigenvalue weighted by Crippen LogP contribution is 2.45. The van der Waals surface area contributed by atoms with E-state index in [4.69, 9.17) is 9.16 Å². The summed E-state index contributed by atoms with van der Waals surface area (Å²) in [7, 11) is -0.630. The van der Waals surface area contributed by atoms with E-state index < -0.39 is 8.32 Å². The Labute approximate surface area is 222 Å². The summed E-state index contributed by atoms with van der Waals surface area (Å²) in [6, 6.07) is 11.6. The smallest absolute Gasteiger partial charge is 0.258 e. The van der Waals surface area contributed by atoms with Crippen LogP contribution in [-0.2, 0) is 11.2 Å². The minimum atomic E-state index is -2.23. The number of piperidine rings is 1. The number of amides is 1. The molecule has 1 fully saturated rings. The van der Waals surface area contributed by atoms with Crippen molar-refractivity contribution in [2.75, 3.05) is 20.2 Å². The van der Waals surface area contributed by atoms with Gasteiger partial charge in [-0.3, -0.25) is 9.59 Å². The van der Waals surface area contributed by atoms with Gasteiger partial charge in [0.15, 0.2) is 11.5 Å².